The molecule has 0 aromatic heterocycles. The second kappa shape index (κ2) is 3.52. The lowest BCUT2D eigenvalue weighted by atomic mass is 10.2. The van der Waals surface area contributed by atoms with Gasteiger partial charge in [0.15, 0.2) is 0 Å². The van der Waals surface area contributed by atoms with Gasteiger partial charge in [0.05, 0.1) is 13.2 Å². The summed E-state index contributed by atoms with van der Waals surface area (Å²) in [6.07, 6.45) is 1.32. The third kappa shape index (κ3) is 1.72. The predicted octanol–water partition coefficient (Wildman–Crippen LogP) is -0.319. The van der Waals surface area contributed by atoms with E-state index >= 15 is 0 Å². The van der Waals surface area contributed by atoms with Crippen molar-refractivity contribution in [3.05, 3.63) is 0 Å². The van der Waals surface area contributed by atoms with Gasteiger partial charge in [-0.15, -0.1) is 0 Å². The van der Waals surface area contributed by atoms with Crippen molar-refractivity contribution < 1.29 is 4.74 Å². The van der Waals surface area contributed by atoms with E-state index in [2.05, 4.69) is 10.2 Å². The average molecular weight is 156 g/mol. The molecule has 2 saturated heterocycles. The van der Waals surface area contributed by atoms with Crippen LogP contribution in [0.2, 0.25) is 0 Å². The summed E-state index contributed by atoms with van der Waals surface area (Å²) in [6.45, 7) is 6.49. The Balaban J connectivity index is 1.82. The Morgan fingerprint density at radius 3 is 2.73 bits per heavy atom. The van der Waals surface area contributed by atoms with Crippen LogP contribution in [0, 0.1) is 0 Å². The zero-order valence-electron chi connectivity index (χ0n) is 6.88. The highest BCUT2D eigenvalue weighted by molar-refractivity contribution is 4.81. The van der Waals surface area contributed by atoms with Crippen molar-refractivity contribution in [2.24, 2.45) is 0 Å². The van der Waals surface area contributed by atoms with Crippen molar-refractivity contribution in [2.45, 2.75) is 12.5 Å². The first-order valence-corrected chi connectivity index (χ1v) is 4.49. The minimum Gasteiger partial charge on any atom is -0.379 e. The van der Waals surface area contributed by atoms with Crippen molar-refractivity contribution in [1.29, 1.82) is 0 Å². The molecule has 1 N–H and O–H groups in total. The third-order valence-electron chi connectivity index (χ3n) is 2.60. The molecule has 2 heterocycles. The normalized spacial score (nSPS) is 34.4. The fraction of sp³-hybridized carbons (Fsp3) is 1.00. The Bertz CT molecular complexity index is 117. The van der Waals surface area contributed by atoms with Crippen LogP contribution in [-0.4, -0.2) is 50.3 Å². The summed E-state index contributed by atoms with van der Waals surface area (Å²) in [4.78, 5) is 2.55. The summed E-state index contributed by atoms with van der Waals surface area (Å²) < 4.78 is 5.30. The highest BCUT2D eigenvalue weighted by Gasteiger charge is 2.23. The molecule has 2 aliphatic heterocycles. The number of hydrogen-bond donors (Lipinski definition) is 1. The van der Waals surface area contributed by atoms with Gasteiger partial charge < -0.3 is 10.1 Å². The van der Waals surface area contributed by atoms with Gasteiger partial charge >= 0.3 is 0 Å². The molecule has 3 heteroatoms. The molecule has 3 nitrogen and oxygen atoms in total. The van der Waals surface area contributed by atoms with E-state index in [9.17, 15) is 0 Å². The van der Waals surface area contributed by atoms with Crippen LogP contribution in [0.1, 0.15) is 6.42 Å². The van der Waals surface area contributed by atoms with E-state index in [-0.39, 0.29) is 0 Å². The molecule has 0 aromatic rings. The maximum Gasteiger partial charge on any atom is 0.0594 e. The first-order valence-electron chi connectivity index (χ1n) is 4.49. The van der Waals surface area contributed by atoms with Crippen molar-refractivity contribution >= 4 is 0 Å². The molecule has 2 aliphatic rings. The van der Waals surface area contributed by atoms with Crippen molar-refractivity contribution in [3.8, 4) is 0 Å². The molecular weight excluding hydrogens is 140 g/mol. The molecule has 0 spiro atoms. The SMILES string of the molecule is C1C[C@H](N2CCOCC2)CN1. The highest BCUT2D eigenvalue weighted by Crippen LogP contribution is 2.09. The summed E-state index contributed by atoms with van der Waals surface area (Å²) >= 11 is 0. The van der Waals surface area contributed by atoms with Crippen LogP contribution in [0.25, 0.3) is 0 Å². The largest absolute Gasteiger partial charge is 0.379 e. The molecule has 0 saturated carbocycles. The molecule has 0 amide bonds. The number of nitrogens with one attached hydrogen (secondary N) is 1. The minimum absolute atomic E-state index is 0.791. The summed E-state index contributed by atoms with van der Waals surface area (Å²) in [5, 5.41) is 3.39. The van der Waals surface area contributed by atoms with E-state index in [0.717, 1.165) is 32.3 Å². The second-order valence-electron chi connectivity index (χ2n) is 3.29. The first-order chi connectivity index (χ1) is 5.47. The standard InChI is InChI=1S/C8H16N2O/c1-2-9-7-8(1)10-3-5-11-6-4-10/h8-9H,1-7H2/t8-/m0/s1. The molecule has 11 heavy (non-hydrogen) atoms. The third-order valence-corrected chi connectivity index (χ3v) is 2.60. The molecule has 0 aliphatic carbocycles. The molecular formula is C8H16N2O. The van der Waals surface area contributed by atoms with Crippen LogP contribution in [0.5, 0.6) is 0 Å². The molecule has 1 atom stereocenters. The minimum atomic E-state index is 0.791. The fourth-order valence-corrected chi connectivity index (χ4v) is 1.89. The number of ether oxygens (including phenoxy) is 1. The summed E-state index contributed by atoms with van der Waals surface area (Å²) in [6, 6.07) is 0.791. The van der Waals surface area contributed by atoms with E-state index in [1.165, 1.54) is 19.5 Å². The van der Waals surface area contributed by atoms with Crippen LogP contribution < -0.4 is 5.32 Å². The lowest BCUT2D eigenvalue weighted by Gasteiger charge is -2.31. The Morgan fingerprint density at radius 1 is 1.27 bits per heavy atom. The van der Waals surface area contributed by atoms with E-state index < -0.39 is 0 Å². The number of morpholine rings is 1. The summed E-state index contributed by atoms with van der Waals surface area (Å²) in [5.41, 5.74) is 0. The van der Waals surface area contributed by atoms with Crippen LogP contribution in [0.3, 0.4) is 0 Å². The van der Waals surface area contributed by atoms with Gasteiger partial charge in [-0.1, -0.05) is 0 Å². The van der Waals surface area contributed by atoms with E-state index in [4.69, 9.17) is 4.74 Å². The van der Waals surface area contributed by atoms with Crippen LogP contribution >= 0.6 is 0 Å². The fourth-order valence-electron chi connectivity index (χ4n) is 1.89. The monoisotopic (exact) mass is 156 g/mol. The molecule has 0 radical (unpaired) electrons. The van der Waals surface area contributed by atoms with Gasteiger partial charge in [-0.3, -0.25) is 4.90 Å². The van der Waals surface area contributed by atoms with Gasteiger partial charge in [-0.05, 0) is 13.0 Å². The van der Waals surface area contributed by atoms with E-state index in [0.29, 0.717) is 0 Å². The zero-order chi connectivity index (χ0) is 7.52. The molecule has 2 fully saturated rings. The zero-order valence-corrected chi connectivity index (χ0v) is 6.88. The van der Waals surface area contributed by atoms with Gasteiger partial charge in [0.2, 0.25) is 0 Å². The average Bonchev–Trinajstić information content (AvgIpc) is 2.58. The smallest absolute Gasteiger partial charge is 0.0594 e. The molecule has 0 aromatic carbocycles. The molecule has 0 unspecified atom stereocenters. The lowest BCUT2D eigenvalue weighted by Crippen LogP contribution is -2.44. The lowest BCUT2D eigenvalue weighted by molar-refractivity contribution is 0.0206. The van der Waals surface area contributed by atoms with Gasteiger partial charge in [0.25, 0.3) is 0 Å². The van der Waals surface area contributed by atoms with Gasteiger partial charge in [-0.2, -0.15) is 0 Å². The van der Waals surface area contributed by atoms with Gasteiger partial charge in [0, 0.05) is 25.7 Å². The summed E-state index contributed by atoms with van der Waals surface area (Å²) in [7, 11) is 0. The maximum absolute atomic E-state index is 5.30. The summed E-state index contributed by atoms with van der Waals surface area (Å²) in [5.74, 6) is 0. The molecule has 64 valence electrons. The van der Waals surface area contributed by atoms with Crippen molar-refractivity contribution in [3.63, 3.8) is 0 Å². The van der Waals surface area contributed by atoms with E-state index in [1.54, 1.807) is 0 Å². The maximum atomic E-state index is 5.30. The highest BCUT2D eigenvalue weighted by atomic mass is 16.5. The second-order valence-corrected chi connectivity index (χ2v) is 3.29. The first kappa shape index (κ1) is 7.53. The Morgan fingerprint density at radius 2 is 2.09 bits per heavy atom. The topological polar surface area (TPSA) is 24.5 Å². The quantitative estimate of drug-likeness (QED) is 0.563. The van der Waals surface area contributed by atoms with Crippen LogP contribution in [0.4, 0.5) is 0 Å². The predicted molar refractivity (Wildman–Crippen MR) is 43.7 cm³/mol. The van der Waals surface area contributed by atoms with Gasteiger partial charge in [-0.25, -0.2) is 0 Å². The van der Waals surface area contributed by atoms with Crippen LogP contribution in [0.15, 0.2) is 0 Å². The van der Waals surface area contributed by atoms with E-state index in [1.807, 2.05) is 0 Å². The number of nitrogens with zero attached hydrogens (tertiary/aromatic N) is 1. The Kier molecular flexibility index (Phi) is 2.41. The van der Waals surface area contributed by atoms with Crippen molar-refractivity contribution in [2.75, 3.05) is 39.4 Å². The number of hydrogen-bond acceptors (Lipinski definition) is 3. The Labute approximate surface area is 67.7 Å². The molecule has 0 bridgehead atoms. The number of rotatable bonds is 1. The van der Waals surface area contributed by atoms with Gasteiger partial charge in [0.1, 0.15) is 0 Å². The van der Waals surface area contributed by atoms with Crippen molar-refractivity contribution in [1.82, 2.24) is 10.2 Å². The Hall–Kier alpha value is -0.120. The molecule has 2 rings (SSSR count). The van der Waals surface area contributed by atoms with Crippen LogP contribution in [-0.2, 0) is 4.74 Å².